The second-order valence-electron chi connectivity index (χ2n) is 6.72. The van der Waals surface area contributed by atoms with Gasteiger partial charge >= 0.3 is 0 Å². The van der Waals surface area contributed by atoms with Crippen LogP contribution < -0.4 is 10.1 Å². The summed E-state index contributed by atoms with van der Waals surface area (Å²) in [6.07, 6.45) is 5.14. The standard InChI is InChI=1S/C19H26N2O3/c1-24-17-7-3-2-5-14(17)6-4-12-20-19(23)15-8-11-18(22)21(13-15)16-9-10-16/h2-3,5,7,15-16H,4,6,8-13H2,1H3,(H,20,23). The molecule has 1 saturated carbocycles. The molecule has 2 amide bonds. The van der Waals surface area contributed by atoms with Crippen LogP contribution in [-0.4, -0.2) is 43.0 Å². The smallest absolute Gasteiger partial charge is 0.224 e. The molecule has 24 heavy (non-hydrogen) atoms. The Labute approximate surface area is 143 Å². The number of rotatable bonds is 7. The van der Waals surface area contributed by atoms with Gasteiger partial charge in [-0.1, -0.05) is 18.2 Å². The molecule has 2 aliphatic rings. The van der Waals surface area contributed by atoms with Crippen molar-refractivity contribution in [3.8, 4) is 5.75 Å². The van der Waals surface area contributed by atoms with Gasteiger partial charge in [-0.3, -0.25) is 9.59 Å². The Morgan fingerprint density at radius 2 is 2.08 bits per heavy atom. The molecule has 0 spiro atoms. The summed E-state index contributed by atoms with van der Waals surface area (Å²) in [6, 6.07) is 8.38. The number of para-hydroxylation sites is 1. The number of nitrogens with zero attached hydrogens (tertiary/aromatic N) is 1. The molecule has 1 aliphatic heterocycles. The fraction of sp³-hybridized carbons (Fsp3) is 0.579. The Bertz CT molecular complexity index is 598. The molecule has 5 heteroatoms. The quantitative estimate of drug-likeness (QED) is 0.779. The van der Waals surface area contributed by atoms with E-state index in [0.29, 0.717) is 32.0 Å². The number of nitrogens with one attached hydrogen (secondary N) is 1. The number of ether oxygens (including phenoxy) is 1. The molecule has 3 rings (SSSR count). The van der Waals surface area contributed by atoms with Crippen LogP contribution >= 0.6 is 0 Å². The van der Waals surface area contributed by atoms with Gasteiger partial charge in [0.25, 0.3) is 0 Å². The van der Waals surface area contributed by atoms with E-state index in [1.807, 2.05) is 23.1 Å². The Balaban J connectivity index is 1.41. The van der Waals surface area contributed by atoms with Crippen LogP contribution in [-0.2, 0) is 16.0 Å². The molecular weight excluding hydrogens is 304 g/mol. The lowest BCUT2D eigenvalue weighted by Crippen LogP contribution is -2.46. The number of methoxy groups -OCH3 is 1. The van der Waals surface area contributed by atoms with Crippen molar-refractivity contribution in [1.29, 1.82) is 0 Å². The molecule has 5 nitrogen and oxygen atoms in total. The van der Waals surface area contributed by atoms with Crippen LogP contribution in [0.5, 0.6) is 5.75 Å². The van der Waals surface area contributed by atoms with E-state index in [4.69, 9.17) is 4.74 Å². The maximum Gasteiger partial charge on any atom is 0.224 e. The van der Waals surface area contributed by atoms with E-state index in [-0.39, 0.29) is 17.7 Å². The molecule has 130 valence electrons. The van der Waals surface area contributed by atoms with Gasteiger partial charge in [-0.15, -0.1) is 0 Å². The first kappa shape index (κ1) is 16.8. The van der Waals surface area contributed by atoms with Crippen LogP contribution in [0.4, 0.5) is 0 Å². The topological polar surface area (TPSA) is 58.6 Å². The minimum Gasteiger partial charge on any atom is -0.496 e. The molecule has 1 aliphatic carbocycles. The number of benzene rings is 1. The largest absolute Gasteiger partial charge is 0.496 e. The van der Waals surface area contributed by atoms with Crippen LogP contribution in [0.25, 0.3) is 0 Å². The second-order valence-corrected chi connectivity index (χ2v) is 6.72. The number of likely N-dealkylation sites (tertiary alicyclic amines) is 1. The van der Waals surface area contributed by atoms with E-state index < -0.39 is 0 Å². The first-order chi connectivity index (χ1) is 11.7. The van der Waals surface area contributed by atoms with E-state index in [1.54, 1.807) is 7.11 Å². The second kappa shape index (κ2) is 7.69. The molecule has 1 N–H and O–H groups in total. The van der Waals surface area contributed by atoms with Crippen molar-refractivity contribution in [2.75, 3.05) is 20.2 Å². The molecule has 2 fully saturated rings. The normalized spacial score (nSPS) is 20.8. The third-order valence-electron chi connectivity index (χ3n) is 4.92. The summed E-state index contributed by atoms with van der Waals surface area (Å²) in [7, 11) is 1.68. The molecule has 0 radical (unpaired) electrons. The van der Waals surface area contributed by atoms with Gasteiger partial charge in [0.05, 0.1) is 13.0 Å². The van der Waals surface area contributed by atoms with E-state index in [1.165, 1.54) is 0 Å². The zero-order valence-corrected chi connectivity index (χ0v) is 14.3. The number of piperidine rings is 1. The first-order valence-corrected chi connectivity index (χ1v) is 8.88. The minimum atomic E-state index is -0.0467. The van der Waals surface area contributed by atoms with Crippen LogP contribution in [0.3, 0.4) is 0 Å². The summed E-state index contributed by atoms with van der Waals surface area (Å²) in [4.78, 5) is 26.2. The Morgan fingerprint density at radius 3 is 2.83 bits per heavy atom. The maximum absolute atomic E-state index is 12.4. The van der Waals surface area contributed by atoms with Crippen LogP contribution in [0.2, 0.25) is 0 Å². The van der Waals surface area contributed by atoms with Crippen molar-refractivity contribution in [3.05, 3.63) is 29.8 Å². The zero-order chi connectivity index (χ0) is 16.9. The highest BCUT2D eigenvalue weighted by Crippen LogP contribution is 2.31. The number of carbonyl (C=O) groups is 2. The SMILES string of the molecule is COc1ccccc1CCCNC(=O)C1CCC(=O)N(C2CC2)C1. The monoisotopic (exact) mass is 330 g/mol. The summed E-state index contributed by atoms with van der Waals surface area (Å²) < 4.78 is 5.34. The van der Waals surface area contributed by atoms with Crippen molar-refractivity contribution < 1.29 is 14.3 Å². The molecule has 1 saturated heterocycles. The average Bonchev–Trinajstić information content (AvgIpc) is 3.44. The van der Waals surface area contributed by atoms with E-state index in [0.717, 1.165) is 37.0 Å². The van der Waals surface area contributed by atoms with Gasteiger partial charge in [-0.05, 0) is 43.7 Å². The number of hydrogen-bond acceptors (Lipinski definition) is 3. The Morgan fingerprint density at radius 1 is 1.29 bits per heavy atom. The first-order valence-electron chi connectivity index (χ1n) is 8.88. The fourth-order valence-corrected chi connectivity index (χ4v) is 3.37. The highest BCUT2D eigenvalue weighted by atomic mass is 16.5. The van der Waals surface area contributed by atoms with Crippen molar-refractivity contribution >= 4 is 11.8 Å². The molecule has 1 aromatic rings. The third kappa shape index (κ3) is 4.08. The molecule has 0 aromatic heterocycles. The molecule has 1 atom stereocenters. The lowest BCUT2D eigenvalue weighted by atomic mass is 9.96. The van der Waals surface area contributed by atoms with Gasteiger partial charge in [-0.25, -0.2) is 0 Å². The van der Waals surface area contributed by atoms with Crippen molar-refractivity contribution in [2.45, 2.75) is 44.6 Å². The summed E-state index contributed by atoms with van der Waals surface area (Å²) in [5.41, 5.74) is 1.16. The fourth-order valence-electron chi connectivity index (χ4n) is 3.37. The van der Waals surface area contributed by atoms with E-state index >= 15 is 0 Å². The maximum atomic E-state index is 12.4. The third-order valence-corrected chi connectivity index (χ3v) is 4.92. The molecule has 1 heterocycles. The predicted octanol–water partition coefficient (Wildman–Crippen LogP) is 2.15. The Kier molecular flexibility index (Phi) is 5.38. The molecule has 1 aromatic carbocycles. The molecule has 1 unspecified atom stereocenters. The highest BCUT2D eigenvalue weighted by Gasteiger charge is 2.38. The summed E-state index contributed by atoms with van der Waals surface area (Å²) in [5, 5.41) is 3.04. The number of hydrogen-bond donors (Lipinski definition) is 1. The summed E-state index contributed by atoms with van der Waals surface area (Å²) >= 11 is 0. The molecule has 0 bridgehead atoms. The minimum absolute atomic E-state index is 0.0467. The van der Waals surface area contributed by atoms with E-state index in [2.05, 4.69) is 11.4 Å². The number of aryl methyl sites for hydroxylation is 1. The molecular formula is C19H26N2O3. The average molecular weight is 330 g/mol. The van der Waals surface area contributed by atoms with Gasteiger partial charge in [-0.2, -0.15) is 0 Å². The zero-order valence-electron chi connectivity index (χ0n) is 14.3. The van der Waals surface area contributed by atoms with Crippen LogP contribution in [0, 0.1) is 5.92 Å². The highest BCUT2D eigenvalue weighted by molar-refractivity contribution is 5.84. The lowest BCUT2D eigenvalue weighted by Gasteiger charge is -2.32. The lowest BCUT2D eigenvalue weighted by molar-refractivity contribution is -0.138. The van der Waals surface area contributed by atoms with E-state index in [9.17, 15) is 9.59 Å². The van der Waals surface area contributed by atoms with Gasteiger partial charge in [0.15, 0.2) is 0 Å². The summed E-state index contributed by atoms with van der Waals surface area (Å²) in [6.45, 7) is 1.26. The predicted molar refractivity (Wildman–Crippen MR) is 91.8 cm³/mol. The van der Waals surface area contributed by atoms with Gasteiger partial charge in [0.1, 0.15) is 5.75 Å². The van der Waals surface area contributed by atoms with Gasteiger partial charge in [0.2, 0.25) is 11.8 Å². The van der Waals surface area contributed by atoms with Crippen molar-refractivity contribution in [3.63, 3.8) is 0 Å². The van der Waals surface area contributed by atoms with Crippen LogP contribution in [0.1, 0.15) is 37.7 Å². The van der Waals surface area contributed by atoms with Gasteiger partial charge < -0.3 is 15.0 Å². The number of carbonyl (C=O) groups excluding carboxylic acids is 2. The Hall–Kier alpha value is -2.04. The van der Waals surface area contributed by atoms with Gasteiger partial charge in [0, 0.05) is 25.6 Å². The van der Waals surface area contributed by atoms with Crippen LogP contribution in [0.15, 0.2) is 24.3 Å². The van der Waals surface area contributed by atoms with Crippen molar-refractivity contribution in [1.82, 2.24) is 10.2 Å². The number of amides is 2. The summed E-state index contributed by atoms with van der Waals surface area (Å²) in [5.74, 6) is 1.16. The van der Waals surface area contributed by atoms with Crippen molar-refractivity contribution in [2.24, 2.45) is 5.92 Å².